The number of carbonyl (C=O) groups is 2. The van der Waals surface area contributed by atoms with E-state index < -0.39 is 24.4 Å². The van der Waals surface area contributed by atoms with Crippen LogP contribution in [0.3, 0.4) is 0 Å². The van der Waals surface area contributed by atoms with Gasteiger partial charge in [-0.05, 0) is 24.8 Å². The fourth-order valence-corrected chi connectivity index (χ4v) is 3.51. The zero-order valence-electron chi connectivity index (χ0n) is 15.1. The van der Waals surface area contributed by atoms with E-state index in [4.69, 9.17) is 18.9 Å². The van der Waals surface area contributed by atoms with Crippen molar-refractivity contribution in [3.05, 3.63) is 35.9 Å². The van der Waals surface area contributed by atoms with Gasteiger partial charge in [-0.3, -0.25) is 9.59 Å². The van der Waals surface area contributed by atoms with Crippen molar-refractivity contribution in [1.29, 1.82) is 0 Å². The topological polar surface area (TPSA) is 71.1 Å². The predicted molar refractivity (Wildman–Crippen MR) is 93.5 cm³/mol. The number of esters is 1. The van der Waals surface area contributed by atoms with Crippen LogP contribution in [0.1, 0.15) is 38.2 Å². The number of rotatable bonds is 6. The summed E-state index contributed by atoms with van der Waals surface area (Å²) in [7, 11) is 0. The smallest absolute Gasteiger partial charge is 0.302 e. The Labute approximate surface area is 153 Å². The van der Waals surface area contributed by atoms with Crippen molar-refractivity contribution < 1.29 is 28.5 Å². The number of ketones is 1. The molecule has 2 heterocycles. The third-order valence-electron chi connectivity index (χ3n) is 4.72. The highest BCUT2D eigenvalue weighted by Gasteiger charge is 2.44. The summed E-state index contributed by atoms with van der Waals surface area (Å²) in [5.74, 6) is -0.340. The van der Waals surface area contributed by atoms with Crippen molar-refractivity contribution in [3.63, 3.8) is 0 Å². The van der Waals surface area contributed by atoms with Gasteiger partial charge in [0.25, 0.3) is 0 Å². The molecule has 2 aliphatic rings. The molecule has 0 radical (unpaired) electrons. The van der Waals surface area contributed by atoms with E-state index in [0.717, 1.165) is 18.4 Å². The lowest BCUT2D eigenvalue weighted by molar-refractivity contribution is -0.203. The van der Waals surface area contributed by atoms with Crippen molar-refractivity contribution in [2.45, 2.75) is 63.6 Å². The molecule has 1 aromatic rings. The Bertz CT molecular complexity index is 602. The molecule has 0 unspecified atom stereocenters. The second-order valence-corrected chi connectivity index (χ2v) is 6.75. The van der Waals surface area contributed by atoms with Crippen LogP contribution in [-0.4, -0.2) is 49.4 Å². The molecule has 0 aromatic heterocycles. The van der Waals surface area contributed by atoms with Gasteiger partial charge in [0.15, 0.2) is 5.78 Å². The standard InChI is InChI=1S/C20H26O6/c1-14(21)26-17-10-6-12-24-19(17)20(18-16(22)9-5-11-23-18)25-13-15-7-3-2-4-8-15/h2-4,7-8,17-20H,5-6,9-13H2,1H3/t17-,18-,19-,20-/m0/s1. The van der Waals surface area contributed by atoms with Crippen LogP contribution in [0.25, 0.3) is 0 Å². The second kappa shape index (κ2) is 9.26. The molecule has 6 heteroatoms. The molecule has 2 fully saturated rings. The van der Waals surface area contributed by atoms with Gasteiger partial charge >= 0.3 is 5.97 Å². The number of Topliss-reactive ketones (excluding diaryl/α,β-unsaturated/α-hetero) is 1. The van der Waals surface area contributed by atoms with Gasteiger partial charge in [-0.2, -0.15) is 0 Å². The quantitative estimate of drug-likeness (QED) is 0.724. The first kappa shape index (κ1) is 19.0. The molecule has 4 atom stereocenters. The van der Waals surface area contributed by atoms with Crippen molar-refractivity contribution in [3.8, 4) is 0 Å². The molecule has 2 aliphatic heterocycles. The molecule has 0 aliphatic carbocycles. The van der Waals surface area contributed by atoms with Crippen molar-refractivity contribution in [1.82, 2.24) is 0 Å². The van der Waals surface area contributed by atoms with E-state index in [1.165, 1.54) is 6.92 Å². The normalized spacial score (nSPS) is 27.7. The summed E-state index contributed by atoms with van der Waals surface area (Å²) in [6.45, 7) is 2.79. The van der Waals surface area contributed by atoms with Crippen LogP contribution in [0, 0.1) is 0 Å². The summed E-state index contributed by atoms with van der Waals surface area (Å²) in [5.41, 5.74) is 1.00. The summed E-state index contributed by atoms with van der Waals surface area (Å²) in [6, 6.07) is 9.75. The molecule has 1 aromatic carbocycles. The molecular formula is C20H26O6. The van der Waals surface area contributed by atoms with Crippen molar-refractivity contribution >= 4 is 11.8 Å². The zero-order valence-corrected chi connectivity index (χ0v) is 15.1. The average molecular weight is 362 g/mol. The van der Waals surface area contributed by atoms with E-state index in [-0.39, 0.29) is 11.8 Å². The molecule has 6 nitrogen and oxygen atoms in total. The van der Waals surface area contributed by atoms with Crippen LogP contribution in [0.2, 0.25) is 0 Å². The minimum Gasteiger partial charge on any atom is -0.460 e. The maximum atomic E-state index is 12.5. The Morgan fingerprint density at radius 3 is 2.69 bits per heavy atom. The van der Waals surface area contributed by atoms with E-state index in [1.807, 2.05) is 30.3 Å². The van der Waals surface area contributed by atoms with Gasteiger partial charge in [0.1, 0.15) is 24.4 Å². The maximum absolute atomic E-state index is 12.5. The number of hydrogen-bond donors (Lipinski definition) is 0. The van der Waals surface area contributed by atoms with Gasteiger partial charge in [-0.1, -0.05) is 30.3 Å². The fraction of sp³-hybridized carbons (Fsp3) is 0.600. The molecule has 2 saturated heterocycles. The summed E-state index contributed by atoms with van der Waals surface area (Å²) in [6.07, 6.45) is 0.459. The minimum absolute atomic E-state index is 0.0186. The summed E-state index contributed by atoms with van der Waals surface area (Å²) >= 11 is 0. The SMILES string of the molecule is CC(=O)O[C@H]1CCCO[C@@H]1[C@@H](OCc1ccccc1)[C@H]1OCCCC1=O. The van der Waals surface area contributed by atoms with Crippen molar-refractivity contribution in [2.24, 2.45) is 0 Å². The highest BCUT2D eigenvalue weighted by atomic mass is 16.6. The van der Waals surface area contributed by atoms with E-state index in [1.54, 1.807) is 0 Å². The van der Waals surface area contributed by atoms with Crippen LogP contribution in [0.4, 0.5) is 0 Å². The van der Waals surface area contributed by atoms with E-state index in [9.17, 15) is 9.59 Å². The van der Waals surface area contributed by atoms with Crippen LogP contribution in [-0.2, 0) is 35.1 Å². The third kappa shape index (κ3) is 4.90. The van der Waals surface area contributed by atoms with Gasteiger partial charge in [0.2, 0.25) is 0 Å². The first-order valence-electron chi connectivity index (χ1n) is 9.24. The lowest BCUT2D eigenvalue weighted by Gasteiger charge is -2.39. The maximum Gasteiger partial charge on any atom is 0.302 e. The molecule has 0 spiro atoms. The number of carbonyl (C=O) groups excluding carboxylic acids is 2. The number of ether oxygens (including phenoxy) is 4. The monoisotopic (exact) mass is 362 g/mol. The van der Waals surface area contributed by atoms with Crippen LogP contribution < -0.4 is 0 Å². The molecule has 26 heavy (non-hydrogen) atoms. The zero-order chi connectivity index (χ0) is 18.4. The first-order valence-corrected chi connectivity index (χ1v) is 9.24. The summed E-state index contributed by atoms with van der Waals surface area (Å²) in [4.78, 5) is 23.9. The second-order valence-electron chi connectivity index (χ2n) is 6.75. The Hall–Kier alpha value is -1.76. The van der Waals surface area contributed by atoms with Gasteiger partial charge in [-0.25, -0.2) is 0 Å². The molecule has 3 rings (SSSR count). The summed E-state index contributed by atoms with van der Waals surface area (Å²) in [5, 5.41) is 0. The molecule has 0 saturated carbocycles. The largest absolute Gasteiger partial charge is 0.460 e. The highest BCUT2D eigenvalue weighted by molar-refractivity contribution is 5.84. The van der Waals surface area contributed by atoms with Crippen LogP contribution >= 0.6 is 0 Å². The number of hydrogen-bond acceptors (Lipinski definition) is 6. The Balaban J connectivity index is 1.78. The molecule has 0 amide bonds. The third-order valence-corrected chi connectivity index (χ3v) is 4.72. The molecular weight excluding hydrogens is 336 g/mol. The Morgan fingerprint density at radius 2 is 1.96 bits per heavy atom. The van der Waals surface area contributed by atoms with Crippen LogP contribution in [0.15, 0.2) is 30.3 Å². The predicted octanol–water partition coefficient (Wildman–Crippen LogP) is 2.43. The van der Waals surface area contributed by atoms with Gasteiger partial charge in [0.05, 0.1) is 6.61 Å². The van der Waals surface area contributed by atoms with Gasteiger partial charge in [-0.15, -0.1) is 0 Å². The highest BCUT2D eigenvalue weighted by Crippen LogP contribution is 2.28. The Morgan fingerprint density at radius 1 is 1.19 bits per heavy atom. The fourth-order valence-electron chi connectivity index (χ4n) is 3.51. The Kier molecular flexibility index (Phi) is 6.77. The molecule has 142 valence electrons. The first-order chi connectivity index (χ1) is 12.6. The van der Waals surface area contributed by atoms with Gasteiger partial charge < -0.3 is 18.9 Å². The van der Waals surface area contributed by atoms with E-state index in [0.29, 0.717) is 32.7 Å². The number of benzene rings is 1. The molecule has 0 bridgehead atoms. The minimum atomic E-state index is -0.686. The average Bonchev–Trinajstić information content (AvgIpc) is 2.65. The summed E-state index contributed by atoms with van der Waals surface area (Å²) < 4.78 is 23.2. The van der Waals surface area contributed by atoms with Crippen LogP contribution in [0.5, 0.6) is 0 Å². The van der Waals surface area contributed by atoms with Crippen molar-refractivity contribution in [2.75, 3.05) is 13.2 Å². The lowest BCUT2D eigenvalue weighted by Crippen LogP contribution is -2.54. The van der Waals surface area contributed by atoms with E-state index >= 15 is 0 Å². The molecule has 0 N–H and O–H groups in total. The van der Waals surface area contributed by atoms with E-state index in [2.05, 4.69) is 0 Å². The van der Waals surface area contributed by atoms with Gasteiger partial charge in [0, 0.05) is 26.6 Å². The lowest BCUT2D eigenvalue weighted by atomic mass is 9.92.